The highest BCUT2D eigenvalue weighted by Crippen LogP contribution is 2.65. The van der Waals surface area contributed by atoms with E-state index in [9.17, 15) is 5.73 Å². The highest BCUT2D eigenvalue weighted by atomic mass is 14.7. The third-order valence-electron chi connectivity index (χ3n) is 10.3. The molecule has 0 fully saturated rings. The number of hydrogen-bond donors (Lipinski definition) is 0. The Balaban J connectivity index is 2.46. The third-order valence-corrected chi connectivity index (χ3v) is 10.3. The molecule has 0 amide bonds. The van der Waals surface area contributed by atoms with Crippen LogP contribution in [0.5, 0.6) is 0 Å². The smallest absolute Gasteiger partial charge is 0.00411 e. The topological polar surface area (TPSA) is 23.8 Å². The number of nitrogens with one attached hydrogen (secondary N) is 1. The van der Waals surface area contributed by atoms with E-state index in [-0.39, 0.29) is 21.7 Å². The first-order chi connectivity index (χ1) is 13.8. The Bertz CT molecular complexity index is 680. The van der Waals surface area contributed by atoms with Crippen LogP contribution in [0, 0.1) is 0 Å². The molecule has 0 aromatic heterocycles. The average molecular weight is 397 g/mol. The van der Waals surface area contributed by atoms with Gasteiger partial charge in [0.05, 0.1) is 0 Å². The molecule has 1 N–H and O–H groups in total. The van der Waals surface area contributed by atoms with Gasteiger partial charge in [-0.1, -0.05) is 72.6 Å². The van der Waals surface area contributed by atoms with Gasteiger partial charge >= 0.3 is 0 Å². The second-order valence-corrected chi connectivity index (χ2v) is 10.4. The minimum atomic E-state index is 0.199. The third kappa shape index (κ3) is 2.71. The molecule has 1 aromatic carbocycles. The van der Waals surface area contributed by atoms with Crippen molar-refractivity contribution in [3.63, 3.8) is 0 Å². The van der Waals surface area contributed by atoms with E-state index in [0.717, 1.165) is 5.69 Å². The quantitative estimate of drug-likeness (QED) is 0.418. The van der Waals surface area contributed by atoms with Crippen molar-refractivity contribution >= 4 is 5.69 Å². The average Bonchev–Trinajstić information content (AvgIpc) is 3.23. The van der Waals surface area contributed by atoms with Gasteiger partial charge in [-0.25, -0.2) is 0 Å². The Morgan fingerprint density at radius 3 is 1.07 bits per heavy atom. The molecule has 1 aromatic rings. The van der Waals surface area contributed by atoms with Crippen molar-refractivity contribution in [2.24, 2.45) is 0 Å². The van der Waals surface area contributed by atoms with E-state index in [1.54, 1.807) is 11.1 Å². The second-order valence-electron chi connectivity index (χ2n) is 10.4. The van der Waals surface area contributed by atoms with E-state index in [1.165, 1.54) is 75.3 Å². The summed E-state index contributed by atoms with van der Waals surface area (Å²) >= 11 is 0. The standard InChI is InChI=1S/C28H46N/c1-9-25(10-2)18-27(13-5,14-6)22-20(25)17-21-23(24(22)29)28(15-7,16-8)19-26(21,11-3)12-4/h17,29H,9-16,18-19H2,1-8H3/q-1. The lowest BCUT2D eigenvalue weighted by molar-refractivity contribution is 0.278. The number of hydrogen-bond acceptors (Lipinski definition) is 0. The van der Waals surface area contributed by atoms with Crippen LogP contribution in [0.25, 0.3) is 5.73 Å². The summed E-state index contributed by atoms with van der Waals surface area (Å²) in [6.07, 6.45) is 12.0. The zero-order valence-corrected chi connectivity index (χ0v) is 20.6. The van der Waals surface area contributed by atoms with Gasteiger partial charge in [-0.05, 0) is 97.0 Å². The summed E-state index contributed by atoms with van der Waals surface area (Å²) in [6.45, 7) is 19.0. The first-order valence-electron chi connectivity index (χ1n) is 12.7. The number of fused-ring (bicyclic) bond motifs is 2. The Morgan fingerprint density at radius 2 is 0.828 bits per heavy atom. The molecular weight excluding hydrogens is 350 g/mol. The zero-order chi connectivity index (χ0) is 21.7. The van der Waals surface area contributed by atoms with Crippen LogP contribution in [0.1, 0.15) is 142 Å². The predicted octanol–water partition coefficient (Wildman–Crippen LogP) is 9.41. The van der Waals surface area contributed by atoms with Crippen molar-refractivity contribution < 1.29 is 0 Å². The molecule has 0 unspecified atom stereocenters. The summed E-state index contributed by atoms with van der Waals surface area (Å²) in [5, 5.41) is 0. The van der Waals surface area contributed by atoms with E-state index >= 15 is 0 Å². The summed E-state index contributed by atoms with van der Waals surface area (Å²) in [6, 6.07) is 2.67. The van der Waals surface area contributed by atoms with Crippen LogP contribution < -0.4 is 0 Å². The maximum atomic E-state index is 9.69. The maximum Gasteiger partial charge on any atom is -0.00411 e. The molecule has 0 aliphatic heterocycles. The SMILES string of the molecule is CCC1(CC)CC(CC)(CC)c2c1cc1c(c2[NH-])C(CC)(CC)CC1(CC)CC. The molecule has 0 saturated carbocycles. The van der Waals surface area contributed by atoms with Crippen LogP contribution >= 0.6 is 0 Å². The van der Waals surface area contributed by atoms with Gasteiger partial charge in [0.1, 0.15) is 0 Å². The Hall–Kier alpha value is -0.980. The van der Waals surface area contributed by atoms with Gasteiger partial charge in [-0.3, -0.25) is 0 Å². The van der Waals surface area contributed by atoms with Gasteiger partial charge in [0.2, 0.25) is 0 Å². The van der Waals surface area contributed by atoms with Crippen LogP contribution in [0.15, 0.2) is 6.07 Å². The van der Waals surface area contributed by atoms with Gasteiger partial charge in [-0.15, -0.1) is 5.69 Å². The van der Waals surface area contributed by atoms with Crippen molar-refractivity contribution in [2.75, 3.05) is 0 Å². The number of benzene rings is 1. The number of rotatable bonds is 8. The zero-order valence-electron chi connectivity index (χ0n) is 20.6. The normalized spacial score (nSPS) is 22.5. The molecule has 3 rings (SSSR count). The summed E-state index contributed by atoms with van der Waals surface area (Å²) in [4.78, 5) is 0. The molecule has 0 saturated heterocycles. The summed E-state index contributed by atoms with van der Waals surface area (Å²) in [5.74, 6) is 0. The first kappa shape index (κ1) is 22.7. The molecule has 164 valence electrons. The van der Waals surface area contributed by atoms with Gasteiger partial charge in [0.25, 0.3) is 0 Å². The fourth-order valence-electron chi connectivity index (χ4n) is 7.75. The van der Waals surface area contributed by atoms with Crippen LogP contribution in [0.3, 0.4) is 0 Å². The minimum absolute atomic E-state index is 0.199. The molecule has 0 bridgehead atoms. The molecular formula is C28H46N-. The van der Waals surface area contributed by atoms with Crippen molar-refractivity contribution in [1.82, 2.24) is 0 Å². The van der Waals surface area contributed by atoms with Gasteiger partial charge in [-0.2, -0.15) is 0 Å². The lowest BCUT2D eigenvalue weighted by Gasteiger charge is -2.37. The van der Waals surface area contributed by atoms with Gasteiger partial charge in [0, 0.05) is 0 Å². The second kappa shape index (κ2) is 7.61. The van der Waals surface area contributed by atoms with Crippen molar-refractivity contribution in [2.45, 2.75) is 141 Å². The van der Waals surface area contributed by atoms with Crippen LogP contribution in [-0.4, -0.2) is 0 Å². The predicted molar refractivity (Wildman–Crippen MR) is 129 cm³/mol. The first-order valence-corrected chi connectivity index (χ1v) is 12.7. The van der Waals surface area contributed by atoms with E-state index in [1.807, 2.05) is 0 Å². The van der Waals surface area contributed by atoms with E-state index < -0.39 is 0 Å². The summed E-state index contributed by atoms with van der Waals surface area (Å²) < 4.78 is 0. The lowest BCUT2D eigenvalue weighted by Crippen LogP contribution is -2.28. The van der Waals surface area contributed by atoms with E-state index in [0.29, 0.717) is 0 Å². The monoisotopic (exact) mass is 396 g/mol. The molecule has 0 atom stereocenters. The molecule has 0 radical (unpaired) electrons. The molecule has 1 nitrogen and oxygen atoms in total. The molecule has 2 aliphatic rings. The van der Waals surface area contributed by atoms with Crippen molar-refractivity contribution in [3.8, 4) is 0 Å². The molecule has 2 aliphatic carbocycles. The van der Waals surface area contributed by atoms with E-state index in [2.05, 4.69) is 61.5 Å². The van der Waals surface area contributed by atoms with E-state index in [4.69, 9.17) is 0 Å². The largest absolute Gasteiger partial charge is 0.698 e. The van der Waals surface area contributed by atoms with Crippen molar-refractivity contribution in [3.05, 3.63) is 34.1 Å². The van der Waals surface area contributed by atoms with Crippen molar-refractivity contribution in [1.29, 1.82) is 0 Å². The molecule has 29 heavy (non-hydrogen) atoms. The summed E-state index contributed by atoms with van der Waals surface area (Å²) in [7, 11) is 0. The highest BCUT2D eigenvalue weighted by Gasteiger charge is 2.54. The highest BCUT2D eigenvalue weighted by molar-refractivity contribution is 5.74. The Kier molecular flexibility index (Phi) is 5.96. The Labute approximate surface area is 181 Å². The minimum Gasteiger partial charge on any atom is -0.698 e. The maximum absolute atomic E-state index is 9.69. The fourth-order valence-corrected chi connectivity index (χ4v) is 7.75. The molecule has 1 heteroatoms. The molecule has 0 spiro atoms. The fraction of sp³-hybridized carbons (Fsp3) is 0.786. The summed E-state index contributed by atoms with van der Waals surface area (Å²) in [5.41, 5.74) is 17.6. The lowest BCUT2D eigenvalue weighted by atomic mass is 9.69. The molecule has 0 heterocycles. The Morgan fingerprint density at radius 1 is 0.552 bits per heavy atom. The van der Waals surface area contributed by atoms with Gasteiger partial charge in [0.15, 0.2) is 0 Å². The van der Waals surface area contributed by atoms with Gasteiger partial charge < -0.3 is 5.73 Å². The van der Waals surface area contributed by atoms with Crippen LogP contribution in [0.4, 0.5) is 5.69 Å². The van der Waals surface area contributed by atoms with Crippen LogP contribution in [-0.2, 0) is 21.7 Å². The van der Waals surface area contributed by atoms with Crippen LogP contribution in [0.2, 0.25) is 0 Å².